The van der Waals surface area contributed by atoms with Crippen molar-refractivity contribution >= 4 is 23.3 Å². The number of benzene rings is 1. The van der Waals surface area contributed by atoms with E-state index in [1.807, 2.05) is 17.5 Å². The van der Waals surface area contributed by atoms with Crippen molar-refractivity contribution in [2.24, 2.45) is 0 Å². The molecule has 116 valence electrons. The first-order valence-corrected chi connectivity index (χ1v) is 8.22. The zero-order valence-electron chi connectivity index (χ0n) is 12.7. The molecule has 0 unspecified atom stereocenters. The van der Waals surface area contributed by atoms with Gasteiger partial charge < -0.3 is 9.73 Å². The van der Waals surface area contributed by atoms with Crippen molar-refractivity contribution < 1.29 is 9.21 Å². The fourth-order valence-corrected chi connectivity index (χ4v) is 3.07. The van der Waals surface area contributed by atoms with Gasteiger partial charge in [-0.15, -0.1) is 11.3 Å². The van der Waals surface area contributed by atoms with Gasteiger partial charge in [0.25, 0.3) is 0 Å². The van der Waals surface area contributed by atoms with E-state index in [4.69, 9.17) is 4.42 Å². The van der Waals surface area contributed by atoms with Crippen molar-refractivity contribution in [2.45, 2.75) is 13.0 Å². The number of nitrogens with one attached hydrogen (secondary N) is 1. The maximum atomic E-state index is 12.2. The molecule has 3 nitrogen and oxygen atoms in total. The Morgan fingerprint density at radius 2 is 2.00 bits per heavy atom. The van der Waals surface area contributed by atoms with E-state index in [-0.39, 0.29) is 11.9 Å². The molecule has 0 aliphatic heterocycles. The molecule has 0 radical (unpaired) electrons. The number of thiophene rings is 1. The van der Waals surface area contributed by atoms with Crippen molar-refractivity contribution in [1.29, 1.82) is 0 Å². The van der Waals surface area contributed by atoms with E-state index in [1.54, 1.807) is 35.8 Å². The Bertz CT molecular complexity index is 771. The van der Waals surface area contributed by atoms with Crippen molar-refractivity contribution in [3.8, 4) is 0 Å². The molecular formula is C19H17NO2S. The minimum atomic E-state index is -0.152. The van der Waals surface area contributed by atoms with Crippen molar-refractivity contribution in [3.63, 3.8) is 0 Å². The quantitative estimate of drug-likeness (QED) is 0.699. The Kier molecular flexibility index (Phi) is 4.74. The molecule has 0 bridgehead atoms. The van der Waals surface area contributed by atoms with Crippen LogP contribution in [0.2, 0.25) is 0 Å². The van der Waals surface area contributed by atoms with Crippen LogP contribution >= 0.6 is 11.3 Å². The van der Waals surface area contributed by atoms with E-state index < -0.39 is 0 Å². The number of carbonyl (C=O) groups is 1. The van der Waals surface area contributed by atoms with Gasteiger partial charge in [-0.25, -0.2) is 0 Å². The van der Waals surface area contributed by atoms with E-state index in [9.17, 15) is 4.79 Å². The summed E-state index contributed by atoms with van der Waals surface area (Å²) in [6.07, 6.45) is 4.74. The zero-order chi connectivity index (χ0) is 16.1. The predicted octanol–water partition coefficient (Wildman–Crippen LogP) is 4.57. The van der Waals surface area contributed by atoms with Crippen LogP contribution in [0.5, 0.6) is 0 Å². The van der Waals surface area contributed by atoms with Crippen LogP contribution in [0.1, 0.15) is 27.8 Å². The van der Waals surface area contributed by atoms with Gasteiger partial charge in [-0.2, -0.15) is 0 Å². The summed E-state index contributed by atoms with van der Waals surface area (Å²) in [5, 5.41) is 5.08. The van der Waals surface area contributed by atoms with Crippen molar-refractivity contribution in [3.05, 3.63) is 88.0 Å². The van der Waals surface area contributed by atoms with Gasteiger partial charge in [-0.1, -0.05) is 35.9 Å². The second-order valence-electron chi connectivity index (χ2n) is 5.22. The number of rotatable bonds is 5. The lowest BCUT2D eigenvalue weighted by Crippen LogP contribution is -2.27. The van der Waals surface area contributed by atoms with Gasteiger partial charge in [-0.3, -0.25) is 4.79 Å². The Morgan fingerprint density at radius 1 is 1.17 bits per heavy atom. The highest BCUT2D eigenvalue weighted by Gasteiger charge is 2.16. The minimum Gasteiger partial charge on any atom is -0.465 e. The first-order valence-electron chi connectivity index (χ1n) is 7.34. The summed E-state index contributed by atoms with van der Waals surface area (Å²) < 4.78 is 5.19. The summed E-state index contributed by atoms with van der Waals surface area (Å²) in [5.41, 5.74) is 2.26. The monoisotopic (exact) mass is 323 g/mol. The molecule has 2 heterocycles. The van der Waals surface area contributed by atoms with Crippen LogP contribution in [-0.4, -0.2) is 5.91 Å². The van der Waals surface area contributed by atoms with E-state index in [0.29, 0.717) is 5.76 Å². The van der Waals surface area contributed by atoms with Crippen LogP contribution in [0.25, 0.3) is 6.08 Å². The molecule has 2 aromatic heterocycles. The van der Waals surface area contributed by atoms with Gasteiger partial charge in [0.05, 0.1) is 12.3 Å². The summed E-state index contributed by atoms with van der Waals surface area (Å²) in [7, 11) is 0. The fourth-order valence-electron chi connectivity index (χ4n) is 2.27. The van der Waals surface area contributed by atoms with Gasteiger partial charge in [0, 0.05) is 11.0 Å². The molecule has 0 aliphatic rings. The van der Waals surface area contributed by atoms with Gasteiger partial charge in [0.1, 0.15) is 5.76 Å². The topological polar surface area (TPSA) is 42.2 Å². The molecular weight excluding hydrogens is 306 g/mol. The lowest BCUT2D eigenvalue weighted by atomic mass is 10.0. The summed E-state index contributed by atoms with van der Waals surface area (Å²) in [6.45, 7) is 2.05. The predicted molar refractivity (Wildman–Crippen MR) is 93.2 cm³/mol. The highest BCUT2D eigenvalue weighted by atomic mass is 32.1. The minimum absolute atomic E-state index is 0.149. The average molecular weight is 323 g/mol. The lowest BCUT2D eigenvalue weighted by Gasteiger charge is -2.17. The molecule has 1 aromatic carbocycles. The van der Waals surface area contributed by atoms with Crippen LogP contribution < -0.4 is 5.32 Å². The third-order valence-corrected chi connectivity index (χ3v) is 4.40. The number of carbonyl (C=O) groups excluding carboxylic acids is 1. The first kappa shape index (κ1) is 15.3. The van der Waals surface area contributed by atoms with Crippen LogP contribution in [0.15, 0.2) is 70.7 Å². The zero-order valence-corrected chi connectivity index (χ0v) is 13.5. The van der Waals surface area contributed by atoms with Crippen molar-refractivity contribution in [2.75, 3.05) is 0 Å². The second-order valence-corrected chi connectivity index (χ2v) is 6.20. The van der Waals surface area contributed by atoms with E-state index >= 15 is 0 Å². The highest BCUT2D eigenvalue weighted by Crippen LogP contribution is 2.26. The normalized spacial score (nSPS) is 12.4. The molecule has 23 heavy (non-hydrogen) atoms. The van der Waals surface area contributed by atoms with Crippen molar-refractivity contribution in [1.82, 2.24) is 5.32 Å². The third kappa shape index (κ3) is 3.99. The van der Waals surface area contributed by atoms with Gasteiger partial charge in [0.15, 0.2) is 0 Å². The summed E-state index contributed by atoms with van der Waals surface area (Å²) in [4.78, 5) is 13.4. The number of amides is 1. The SMILES string of the molecule is Cc1ccc([C@H](NC(=O)/C=C/c2ccco2)c2cccs2)cc1. The standard InChI is InChI=1S/C19H17NO2S/c1-14-6-8-15(9-7-14)19(17-5-3-13-23-17)20-18(21)11-10-16-4-2-12-22-16/h2-13,19H,1H3,(H,20,21)/b11-10+/t19-/m0/s1. The van der Waals surface area contributed by atoms with Crippen LogP contribution in [0, 0.1) is 6.92 Å². The van der Waals surface area contributed by atoms with Crippen LogP contribution in [0.3, 0.4) is 0 Å². The fraction of sp³-hybridized carbons (Fsp3) is 0.105. The molecule has 0 spiro atoms. The first-order chi connectivity index (χ1) is 11.2. The Hall–Kier alpha value is -2.59. The Balaban J connectivity index is 1.79. The number of aryl methyl sites for hydroxylation is 1. The third-order valence-electron chi connectivity index (χ3n) is 3.47. The molecule has 0 aliphatic carbocycles. The Morgan fingerprint density at radius 3 is 2.65 bits per heavy atom. The van der Waals surface area contributed by atoms with Gasteiger partial charge in [-0.05, 0) is 42.1 Å². The Labute approximate surface area is 139 Å². The summed E-state index contributed by atoms with van der Waals surface area (Å²) >= 11 is 1.63. The summed E-state index contributed by atoms with van der Waals surface area (Å²) in [6, 6.07) is 15.7. The van der Waals surface area contributed by atoms with E-state index in [2.05, 4.69) is 36.5 Å². The molecule has 0 saturated carbocycles. The molecule has 1 amide bonds. The highest BCUT2D eigenvalue weighted by molar-refractivity contribution is 7.10. The lowest BCUT2D eigenvalue weighted by molar-refractivity contribution is -0.116. The van der Waals surface area contributed by atoms with E-state index in [1.165, 1.54) is 11.6 Å². The summed E-state index contributed by atoms with van der Waals surface area (Å²) in [5.74, 6) is 0.503. The maximum Gasteiger partial charge on any atom is 0.244 e. The second kappa shape index (κ2) is 7.11. The smallest absolute Gasteiger partial charge is 0.244 e. The van der Waals surface area contributed by atoms with Crippen LogP contribution in [-0.2, 0) is 4.79 Å². The molecule has 3 aromatic rings. The molecule has 0 fully saturated rings. The maximum absolute atomic E-state index is 12.2. The molecule has 3 rings (SSSR count). The van der Waals surface area contributed by atoms with Gasteiger partial charge >= 0.3 is 0 Å². The average Bonchev–Trinajstić information content (AvgIpc) is 3.25. The van der Waals surface area contributed by atoms with Crippen LogP contribution in [0.4, 0.5) is 0 Å². The molecule has 0 saturated heterocycles. The largest absolute Gasteiger partial charge is 0.465 e. The van der Waals surface area contributed by atoms with Gasteiger partial charge in [0.2, 0.25) is 5.91 Å². The molecule has 4 heteroatoms. The number of furan rings is 1. The van der Waals surface area contributed by atoms with E-state index in [0.717, 1.165) is 10.4 Å². The number of hydrogen-bond acceptors (Lipinski definition) is 3. The molecule has 1 atom stereocenters. The molecule has 1 N–H and O–H groups in total. The number of hydrogen-bond donors (Lipinski definition) is 1.